The Morgan fingerprint density at radius 3 is 2.55 bits per heavy atom. The van der Waals surface area contributed by atoms with E-state index in [1.165, 1.54) is 18.3 Å². The molecule has 38 heavy (non-hydrogen) atoms. The Morgan fingerprint density at radius 2 is 1.84 bits per heavy atom. The van der Waals surface area contributed by atoms with Crippen LogP contribution in [0.5, 0.6) is 0 Å². The van der Waals surface area contributed by atoms with Gasteiger partial charge in [0.15, 0.2) is 5.78 Å². The third-order valence-electron chi connectivity index (χ3n) is 7.85. The van der Waals surface area contributed by atoms with Crippen molar-refractivity contribution in [2.45, 2.75) is 82.5 Å². The van der Waals surface area contributed by atoms with Crippen molar-refractivity contribution in [1.29, 1.82) is 0 Å². The van der Waals surface area contributed by atoms with Gasteiger partial charge in [-0.15, -0.1) is 0 Å². The van der Waals surface area contributed by atoms with Gasteiger partial charge in [-0.3, -0.25) is 14.8 Å². The Balaban J connectivity index is 1.23. The first-order valence-electron chi connectivity index (χ1n) is 13.2. The van der Waals surface area contributed by atoms with Gasteiger partial charge in [-0.25, -0.2) is 13.2 Å². The van der Waals surface area contributed by atoms with Gasteiger partial charge in [0, 0.05) is 62.0 Å². The van der Waals surface area contributed by atoms with Crippen LogP contribution in [0.25, 0.3) is 0 Å². The minimum atomic E-state index is -4.21. The first kappa shape index (κ1) is 28.5. The summed E-state index contributed by atoms with van der Waals surface area (Å²) < 4.78 is 79.6. The lowest BCUT2D eigenvalue weighted by Crippen LogP contribution is -2.36. The van der Waals surface area contributed by atoms with Gasteiger partial charge in [-0.1, -0.05) is 6.07 Å². The van der Waals surface area contributed by atoms with Crippen LogP contribution in [0.15, 0.2) is 30.5 Å². The van der Waals surface area contributed by atoms with Gasteiger partial charge in [0.1, 0.15) is 11.4 Å². The average molecular weight is 542 g/mol. The van der Waals surface area contributed by atoms with E-state index in [-0.39, 0.29) is 30.1 Å². The molecule has 0 radical (unpaired) electrons. The standard InChI is InChI=1S/C28H33F6N3O/c29-26(30)25-22(2-1-14-35-25)24(38)18-19-5-10-27(31,11-6-19)13-17-37-15-8-20-3-4-21(7-12-28(32,33)34)36-23(20)9-16-37/h1-4,14,19,26H,5-13,15-18H2. The zero-order chi connectivity index (χ0) is 27.3. The Bertz CT molecular complexity index is 1100. The lowest BCUT2D eigenvalue weighted by atomic mass is 9.76. The second kappa shape index (κ2) is 12.1. The van der Waals surface area contributed by atoms with E-state index in [1.54, 1.807) is 6.07 Å². The molecule has 208 valence electrons. The van der Waals surface area contributed by atoms with Crippen LogP contribution in [0.2, 0.25) is 0 Å². The van der Waals surface area contributed by atoms with E-state index in [2.05, 4.69) is 14.9 Å². The topological polar surface area (TPSA) is 46.1 Å². The summed E-state index contributed by atoms with van der Waals surface area (Å²) in [6.45, 7) is 1.98. The van der Waals surface area contributed by atoms with Crippen LogP contribution in [0, 0.1) is 5.92 Å². The summed E-state index contributed by atoms with van der Waals surface area (Å²) in [4.78, 5) is 22.9. The molecule has 1 saturated carbocycles. The summed E-state index contributed by atoms with van der Waals surface area (Å²) in [7, 11) is 0. The number of hydrogen-bond donors (Lipinski definition) is 0. The molecular weight excluding hydrogens is 508 g/mol. The second-order valence-corrected chi connectivity index (χ2v) is 10.6. The van der Waals surface area contributed by atoms with Gasteiger partial charge in [-0.05, 0) is 74.6 Å². The van der Waals surface area contributed by atoms with Crippen molar-refractivity contribution < 1.29 is 31.1 Å². The molecule has 0 spiro atoms. The molecule has 2 aliphatic rings. The van der Waals surface area contributed by atoms with Crippen molar-refractivity contribution in [2.24, 2.45) is 5.92 Å². The van der Waals surface area contributed by atoms with Crippen LogP contribution in [0.1, 0.15) is 84.4 Å². The van der Waals surface area contributed by atoms with Crippen molar-refractivity contribution in [2.75, 3.05) is 19.6 Å². The summed E-state index contributed by atoms with van der Waals surface area (Å²) >= 11 is 0. The molecule has 4 rings (SSSR count). The quantitative estimate of drug-likeness (QED) is 0.257. The highest BCUT2D eigenvalue weighted by molar-refractivity contribution is 5.97. The number of carbonyl (C=O) groups is 1. The fourth-order valence-electron chi connectivity index (χ4n) is 5.51. The van der Waals surface area contributed by atoms with Crippen molar-refractivity contribution in [3.63, 3.8) is 0 Å². The van der Waals surface area contributed by atoms with E-state index in [0.29, 0.717) is 57.3 Å². The molecule has 4 nitrogen and oxygen atoms in total. The molecule has 10 heteroatoms. The van der Waals surface area contributed by atoms with Crippen LogP contribution >= 0.6 is 0 Å². The van der Waals surface area contributed by atoms with Crippen LogP contribution in [0.3, 0.4) is 0 Å². The number of aryl methyl sites for hydroxylation is 1. The van der Waals surface area contributed by atoms with Gasteiger partial charge in [0.25, 0.3) is 6.43 Å². The lowest BCUT2D eigenvalue weighted by molar-refractivity contribution is -0.134. The first-order chi connectivity index (χ1) is 18.0. The summed E-state index contributed by atoms with van der Waals surface area (Å²) in [5.74, 6) is -0.411. The minimum absolute atomic E-state index is 0.0394. The van der Waals surface area contributed by atoms with Crippen LogP contribution in [-0.2, 0) is 19.3 Å². The van der Waals surface area contributed by atoms with Gasteiger partial charge in [0.05, 0.1) is 0 Å². The summed E-state index contributed by atoms with van der Waals surface area (Å²) in [6.07, 6.45) is -3.26. The maximum Gasteiger partial charge on any atom is 0.389 e. The SMILES string of the molecule is O=C(CC1CCC(F)(CCN2CCc3ccc(CCC(F)(F)F)nc3CC2)CC1)c1cccnc1C(F)F. The molecule has 0 saturated heterocycles. The highest BCUT2D eigenvalue weighted by atomic mass is 19.4. The predicted octanol–water partition coefficient (Wildman–Crippen LogP) is 6.87. The number of pyridine rings is 2. The van der Waals surface area contributed by atoms with Gasteiger partial charge in [0.2, 0.25) is 0 Å². The van der Waals surface area contributed by atoms with E-state index >= 15 is 4.39 Å². The fraction of sp³-hybridized carbons (Fsp3) is 0.607. The summed E-state index contributed by atoms with van der Waals surface area (Å²) in [5, 5.41) is 0. The molecule has 0 amide bonds. The molecule has 0 unspecified atom stereocenters. The number of rotatable bonds is 9. The van der Waals surface area contributed by atoms with Crippen LogP contribution in [0.4, 0.5) is 26.3 Å². The average Bonchev–Trinajstić information content (AvgIpc) is 3.09. The summed E-state index contributed by atoms with van der Waals surface area (Å²) in [5.41, 5.74) is 0.429. The largest absolute Gasteiger partial charge is 0.389 e. The van der Waals surface area contributed by atoms with Crippen LogP contribution < -0.4 is 0 Å². The Hall–Kier alpha value is -2.49. The molecule has 0 atom stereocenters. The highest BCUT2D eigenvalue weighted by Gasteiger charge is 2.36. The van der Waals surface area contributed by atoms with Gasteiger partial charge < -0.3 is 4.90 Å². The monoisotopic (exact) mass is 541 g/mol. The first-order valence-corrected chi connectivity index (χ1v) is 13.2. The van der Waals surface area contributed by atoms with Crippen molar-refractivity contribution in [3.8, 4) is 0 Å². The molecule has 1 aliphatic heterocycles. The molecule has 1 fully saturated rings. The number of alkyl halides is 6. The van der Waals surface area contributed by atoms with Gasteiger partial charge in [-0.2, -0.15) is 13.2 Å². The van der Waals surface area contributed by atoms with Crippen LogP contribution in [-0.4, -0.2) is 52.1 Å². The maximum absolute atomic E-state index is 15.6. The number of carbonyl (C=O) groups excluding carboxylic acids is 1. The second-order valence-electron chi connectivity index (χ2n) is 10.6. The molecule has 0 bridgehead atoms. The normalized spacial score (nSPS) is 22.8. The Morgan fingerprint density at radius 1 is 1.11 bits per heavy atom. The summed E-state index contributed by atoms with van der Waals surface area (Å²) in [6, 6.07) is 6.38. The third-order valence-corrected chi connectivity index (χ3v) is 7.85. The van der Waals surface area contributed by atoms with E-state index in [9.17, 15) is 26.7 Å². The molecule has 0 aromatic carbocycles. The zero-order valence-electron chi connectivity index (χ0n) is 21.3. The van der Waals surface area contributed by atoms with E-state index in [1.807, 2.05) is 6.07 Å². The van der Waals surface area contributed by atoms with Crippen molar-refractivity contribution >= 4 is 5.78 Å². The molecule has 0 N–H and O–H groups in total. The fourth-order valence-corrected chi connectivity index (χ4v) is 5.51. The van der Waals surface area contributed by atoms with E-state index in [4.69, 9.17) is 0 Å². The molecule has 3 heterocycles. The number of Topliss-reactive ketones (excluding diaryl/α,β-unsaturated/α-hetero) is 1. The smallest absolute Gasteiger partial charge is 0.302 e. The van der Waals surface area contributed by atoms with E-state index in [0.717, 1.165) is 24.2 Å². The molecule has 1 aliphatic carbocycles. The maximum atomic E-state index is 15.6. The molecule has 2 aromatic heterocycles. The number of nitrogens with zero attached hydrogens (tertiary/aromatic N) is 3. The van der Waals surface area contributed by atoms with E-state index < -0.39 is 30.4 Å². The Labute approximate surface area is 218 Å². The Kier molecular flexibility index (Phi) is 9.11. The lowest BCUT2D eigenvalue weighted by Gasteiger charge is -2.35. The predicted molar refractivity (Wildman–Crippen MR) is 131 cm³/mol. The number of hydrogen-bond acceptors (Lipinski definition) is 4. The number of ketones is 1. The third kappa shape index (κ3) is 7.77. The number of aromatic nitrogens is 2. The van der Waals surface area contributed by atoms with Crippen molar-refractivity contribution in [3.05, 3.63) is 58.7 Å². The van der Waals surface area contributed by atoms with Crippen molar-refractivity contribution in [1.82, 2.24) is 14.9 Å². The molecular formula is C28H33F6N3O. The minimum Gasteiger partial charge on any atom is -0.302 e. The molecule has 2 aromatic rings. The van der Waals surface area contributed by atoms with Gasteiger partial charge >= 0.3 is 6.18 Å². The number of halogens is 6. The zero-order valence-corrected chi connectivity index (χ0v) is 21.3. The number of fused-ring (bicyclic) bond motifs is 1. The highest BCUT2D eigenvalue weighted by Crippen LogP contribution is 2.39.